The second-order valence-electron chi connectivity index (χ2n) is 11.7. The maximum atomic E-state index is 12.8. The molecule has 1 aromatic carbocycles. The second-order valence-corrected chi connectivity index (χ2v) is 11.7. The van der Waals surface area contributed by atoms with E-state index in [1.807, 2.05) is 18.2 Å². The number of nitrogens with one attached hydrogen (secondary N) is 2. The zero-order valence-electron chi connectivity index (χ0n) is 26.4. The van der Waals surface area contributed by atoms with E-state index in [1.165, 1.54) is 12.5 Å². The van der Waals surface area contributed by atoms with Crippen LogP contribution < -0.4 is 15.5 Å². The number of ether oxygens (including phenoxy) is 2. The fourth-order valence-corrected chi connectivity index (χ4v) is 5.77. The first-order valence-electron chi connectivity index (χ1n) is 16.2. The van der Waals surface area contributed by atoms with Gasteiger partial charge in [-0.3, -0.25) is 19.4 Å². The van der Waals surface area contributed by atoms with E-state index in [-0.39, 0.29) is 17.9 Å². The van der Waals surface area contributed by atoms with Gasteiger partial charge in [-0.1, -0.05) is 30.3 Å². The molecule has 0 radical (unpaired) electrons. The van der Waals surface area contributed by atoms with Crippen molar-refractivity contribution in [3.8, 4) is 0 Å². The van der Waals surface area contributed by atoms with Crippen molar-refractivity contribution in [2.75, 3.05) is 83.7 Å². The third-order valence-corrected chi connectivity index (χ3v) is 8.33. The van der Waals surface area contributed by atoms with Gasteiger partial charge in [0.1, 0.15) is 5.82 Å². The molecular formula is C32H47N9O4. The maximum Gasteiger partial charge on any atom is 0.220 e. The summed E-state index contributed by atoms with van der Waals surface area (Å²) < 4.78 is 12.9. The van der Waals surface area contributed by atoms with Crippen LogP contribution in [-0.4, -0.2) is 126 Å². The predicted octanol–water partition coefficient (Wildman–Crippen LogP) is 1.13. The van der Waals surface area contributed by atoms with Crippen LogP contribution in [0.3, 0.4) is 0 Å². The van der Waals surface area contributed by atoms with Gasteiger partial charge in [-0.25, -0.2) is 0 Å². The van der Waals surface area contributed by atoms with E-state index >= 15 is 0 Å². The summed E-state index contributed by atoms with van der Waals surface area (Å²) in [6.07, 6.45) is 2.79. The Morgan fingerprint density at radius 2 is 1.62 bits per heavy atom. The summed E-state index contributed by atoms with van der Waals surface area (Å²) in [4.78, 5) is 30.8. The number of piperazine rings is 1. The quantitative estimate of drug-likeness (QED) is 0.225. The summed E-state index contributed by atoms with van der Waals surface area (Å²) in [5, 5.41) is 19.4. The first-order valence-corrected chi connectivity index (χ1v) is 16.2. The van der Waals surface area contributed by atoms with Gasteiger partial charge in [0.15, 0.2) is 11.5 Å². The van der Waals surface area contributed by atoms with Crippen LogP contribution in [-0.2, 0) is 32.0 Å². The monoisotopic (exact) mass is 621 g/mol. The van der Waals surface area contributed by atoms with E-state index in [2.05, 4.69) is 59.8 Å². The molecule has 2 saturated heterocycles. The SMILES string of the molecule is CC(=O)NCCOCCOCCN1CCN(c2ccc3nnc(CCC(=O)NC4CCN(Cc5ccccc5)CC4)n3n2)CC1. The zero-order valence-corrected chi connectivity index (χ0v) is 26.4. The minimum atomic E-state index is -0.0483. The van der Waals surface area contributed by atoms with Crippen molar-refractivity contribution in [2.45, 2.75) is 45.2 Å². The van der Waals surface area contributed by atoms with E-state index in [9.17, 15) is 9.59 Å². The minimum Gasteiger partial charge on any atom is -0.378 e. The number of hydrogen-bond donors (Lipinski definition) is 2. The van der Waals surface area contributed by atoms with Gasteiger partial charge in [0.2, 0.25) is 11.8 Å². The molecule has 0 unspecified atom stereocenters. The lowest BCUT2D eigenvalue weighted by molar-refractivity contribution is -0.122. The van der Waals surface area contributed by atoms with Crippen molar-refractivity contribution in [1.82, 2.24) is 40.2 Å². The summed E-state index contributed by atoms with van der Waals surface area (Å²) in [5.74, 6) is 1.60. The number of aromatic nitrogens is 4. The normalized spacial score (nSPS) is 16.7. The van der Waals surface area contributed by atoms with Gasteiger partial charge in [0, 0.05) is 84.7 Å². The van der Waals surface area contributed by atoms with Crippen molar-refractivity contribution in [1.29, 1.82) is 0 Å². The first kappa shape index (κ1) is 32.7. The lowest BCUT2D eigenvalue weighted by Crippen LogP contribution is -2.47. The van der Waals surface area contributed by atoms with Gasteiger partial charge >= 0.3 is 0 Å². The number of rotatable bonds is 16. The van der Waals surface area contributed by atoms with Crippen molar-refractivity contribution < 1.29 is 19.1 Å². The smallest absolute Gasteiger partial charge is 0.220 e. The third kappa shape index (κ3) is 10.5. The lowest BCUT2D eigenvalue weighted by Gasteiger charge is -2.35. The Balaban J connectivity index is 0.985. The average Bonchev–Trinajstić information content (AvgIpc) is 3.47. The third-order valence-electron chi connectivity index (χ3n) is 8.33. The Bertz CT molecular complexity index is 1340. The summed E-state index contributed by atoms with van der Waals surface area (Å²) in [6.45, 7) is 11.6. The Kier molecular flexibility index (Phi) is 12.5. The summed E-state index contributed by atoms with van der Waals surface area (Å²) in [6, 6.07) is 14.7. The predicted molar refractivity (Wildman–Crippen MR) is 171 cm³/mol. The van der Waals surface area contributed by atoms with E-state index < -0.39 is 0 Å². The van der Waals surface area contributed by atoms with E-state index in [0.29, 0.717) is 57.3 Å². The molecule has 0 aliphatic carbocycles. The molecule has 244 valence electrons. The van der Waals surface area contributed by atoms with Gasteiger partial charge in [-0.2, -0.15) is 4.52 Å². The molecule has 2 aromatic heterocycles. The van der Waals surface area contributed by atoms with Crippen LogP contribution in [0.15, 0.2) is 42.5 Å². The first-order chi connectivity index (χ1) is 22.0. The maximum absolute atomic E-state index is 12.8. The standard InChI is InChI=1S/C32H47N9O4/c1-26(42)33-13-21-44-23-24-45-22-20-38-16-18-40(19-17-38)31-8-7-29-35-36-30(41(29)37-31)9-10-32(43)34-28-11-14-39(15-12-28)25-27-5-3-2-4-6-27/h2-8,28H,9-25H2,1H3,(H,33,42)(H,34,43). The highest BCUT2D eigenvalue weighted by atomic mass is 16.5. The molecule has 4 heterocycles. The number of hydrogen-bond acceptors (Lipinski definition) is 10. The molecule has 5 rings (SSSR count). The van der Waals surface area contributed by atoms with Crippen LogP contribution in [0.25, 0.3) is 5.65 Å². The fourth-order valence-electron chi connectivity index (χ4n) is 5.77. The van der Waals surface area contributed by atoms with Gasteiger partial charge in [0.05, 0.1) is 26.4 Å². The number of aryl methyl sites for hydroxylation is 1. The van der Waals surface area contributed by atoms with Crippen LogP contribution in [0.4, 0.5) is 5.82 Å². The van der Waals surface area contributed by atoms with Gasteiger partial charge < -0.3 is 25.0 Å². The van der Waals surface area contributed by atoms with Crippen molar-refractivity contribution in [3.63, 3.8) is 0 Å². The number of carbonyl (C=O) groups is 2. The van der Waals surface area contributed by atoms with Crippen LogP contribution in [0, 0.1) is 0 Å². The summed E-state index contributed by atoms with van der Waals surface area (Å²) >= 11 is 0. The molecule has 0 spiro atoms. The molecule has 2 fully saturated rings. The Morgan fingerprint density at radius 3 is 2.38 bits per heavy atom. The highest BCUT2D eigenvalue weighted by molar-refractivity contribution is 5.76. The number of piperidine rings is 1. The Hall–Kier alpha value is -3.65. The molecule has 2 aliphatic rings. The van der Waals surface area contributed by atoms with Crippen molar-refractivity contribution in [2.24, 2.45) is 0 Å². The molecule has 2 aliphatic heterocycles. The molecular weight excluding hydrogens is 574 g/mol. The largest absolute Gasteiger partial charge is 0.378 e. The van der Waals surface area contributed by atoms with Gasteiger partial charge in [-0.05, 0) is 30.5 Å². The second kappa shape index (κ2) is 17.2. The molecule has 0 atom stereocenters. The molecule has 0 bridgehead atoms. The highest BCUT2D eigenvalue weighted by Gasteiger charge is 2.22. The van der Waals surface area contributed by atoms with Crippen LogP contribution >= 0.6 is 0 Å². The van der Waals surface area contributed by atoms with E-state index in [1.54, 1.807) is 4.52 Å². The van der Waals surface area contributed by atoms with E-state index in [4.69, 9.17) is 14.6 Å². The van der Waals surface area contributed by atoms with Gasteiger partial charge in [0.25, 0.3) is 0 Å². The number of fused-ring (bicyclic) bond motifs is 1. The number of benzene rings is 1. The number of likely N-dealkylation sites (tertiary alicyclic amines) is 1. The lowest BCUT2D eigenvalue weighted by atomic mass is 10.0. The summed E-state index contributed by atoms with van der Waals surface area (Å²) in [7, 11) is 0. The highest BCUT2D eigenvalue weighted by Crippen LogP contribution is 2.17. The molecule has 3 aromatic rings. The number of nitrogens with zero attached hydrogens (tertiary/aromatic N) is 7. The molecule has 2 N–H and O–H groups in total. The van der Waals surface area contributed by atoms with Gasteiger partial charge in [-0.15, -0.1) is 15.3 Å². The zero-order chi connectivity index (χ0) is 31.3. The number of amides is 2. The van der Waals surface area contributed by atoms with Crippen LogP contribution in [0.5, 0.6) is 0 Å². The molecule has 0 saturated carbocycles. The molecule has 13 nitrogen and oxygen atoms in total. The summed E-state index contributed by atoms with van der Waals surface area (Å²) in [5.41, 5.74) is 2.02. The van der Waals surface area contributed by atoms with Crippen molar-refractivity contribution in [3.05, 3.63) is 53.9 Å². The van der Waals surface area contributed by atoms with Crippen LogP contribution in [0.1, 0.15) is 37.6 Å². The van der Waals surface area contributed by atoms with Crippen molar-refractivity contribution >= 4 is 23.3 Å². The van der Waals surface area contributed by atoms with Crippen LogP contribution in [0.2, 0.25) is 0 Å². The molecule has 45 heavy (non-hydrogen) atoms. The molecule has 13 heteroatoms. The van der Waals surface area contributed by atoms with E-state index in [0.717, 1.165) is 71.0 Å². The minimum absolute atomic E-state index is 0.0483. The number of carbonyl (C=O) groups excluding carboxylic acids is 2. The average molecular weight is 622 g/mol. The number of anilines is 1. The Morgan fingerprint density at radius 1 is 0.867 bits per heavy atom. The fraction of sp³-hybridized carbons (Fsp3) is 0.594. The molecule has 2 amide bonds. The topological polar surface area (TPSA) is 129 Å². The Labute approximate surface area is 265 Å².